The minimum absolute atomic E-state index is 0.134. The van der Waals surface area contributed by atoms with Crippen molar-refractivity contribution in [3.8, 4) is 0 Å². The molecule has 0 bridgehead atoms. The van der Waals surface area contributed by atoms with Gasteiger partial charge in [-0.25, -0.2) is 24.0 Å². The molecule has 0 radical (unpaired) electrons. The standard InChI is InChI=1S/C23H27O13P/c1-14(2)19(24)32-7-9-34-22(27)17-6-5-16(21(26)36-11-12-37(29,30)31)13-18(17)23(28)35-10-8-33-20(25)15(3)4/h5-6,13H,1,3,7-12H2,2,4H3,(H2,29,30,31). The third-order valence-electron chi connectivity index (χ3n) is 4.11. The maximum absolute atomic E-state index is 12.6. The van der Waals surface area contributed by atoms with Crippen molar-refractivity contribution in [1.29, 1.82) is 0 Å². The summed E-state index contributed by atoms with van der Waals surface area (Å²) in [6, 6.07) is 3.18. The number of rotatable bonds is 14. The summed E-state index contributed by atoms with van der Waals surface area (Å²) in [7, 11) is -4.40. The van der Waals surface area contributed by atoms with Crippen LogP contribution in [-0.4, -0.2) is 78.8 Å². The van der Waals surface area contributed by atoms with Crippen LogP contribution in [0, 0.1) is 0 Å². The molecule has 0 atom stereocenters. The van der Waals surface area contributed by atoms with E-state index >= 15 is 0 Å². The van der Waals surface area contributed by atoms with Gasteiger partial charge in [-0.15, -0.1) is 0 Å². The quantitative estimate of drug-likeness (QED) is 0.113. The van der Waals surface area contributed by atoms with Gasteiger partial charge in [0.2, 0.25) is 0 Å². The summed E-state index contributed by atoms with van der Waals surface area (Å²) < 4.78 is 35.3. The van der Waals surface area contributed by atoms with Gasteiger partial charge < -0.3 is 33.5 Å². The Kier molecular flexibility index (Phi) is 12.4. The highest BCUT2D eigenvalue weighted by atomic mass is 31.2. The van der Waals surface area contributed by atoms with Crippen LogP contribution < -0.4 is 0 Å². The first-order valence-electron chi connectivity index (χ1n) is 10.6. The van der Waals surface area contributed by atoms with Gasteiger partial charge in [0, 0.05) is 11.1 Å². The van der Waals surface area contributed by atoms with Gasteiger partial charge in [0.05, 0.1) is 22.9 Å². The highest BCUT2D eigenvalue weighted by Crippen LogP contribution is 2.33. The van der Waals surface area contributed by atoms with Crippen molar-refractivity contribution in [1.82, 2.24) is 0 Å². The largest absolute Gasteiger partial charge is 0.461 e. The molecule has 0 amide bonds. The molecule has 37 heavy (non-hydrogen) atoms. The minimum atomic E-state index is -4.40. The third-order valence-corrected chi connectivity index (χ3v) is 4.87. The van der Waals surface area contributed by atoms with E-state index in [-0.39, 0.29) is 48.7 Å². The van der Waals surface area contributed by atoms with Gasteiger partial charge in [0.15, 0.2) is 0 Å². The average molecular weight is 542 g/mol. The lowest BCUT2D eigenvalue weighted by atomic mass is 10.0. The average Bonchev–Trinajstić information content (AvgIpc) is 2.82. The zero-order chi connectivity index (χ0) is 28.2. The number of ether oxygens (including phenoxy) is 5. The van der Waals surface area contributed by atoms with Crippen LogP contribution >= 0.6 is 7.60 Å². The van der Waals surface area contributed by atoms with Crippen LogP contribution in [0.3, 0.4) is 0 Å². The second kappa shape index (κ2) is 14.7. The number of hydrogen-bond donors (Lipinski definition) is 2. The Morgan fingerprint density at radius 3 is 1.59 bits per heavy atom. The van der Waals surface area contributed by atoms with Crippen LogP contribution in [0.25, 0.3) is 0 Å². The topological polar surface area (TPSA) is 189 Å². The first-order valence-corrected chi connectivity index (χ1v) is 12.4. The van der Waals surface area contributed by atoms with Crippen LogP contribution in [-0.2, 0) is 37.8 Å². The number of esters is 5. The summed E-state index contributed by atoms with van der Waals surface area (Å²) in [5.41, 5.74) is -0.649. The van der Waals surface area contributed by atoms with Crippen LogP contribution in [0.5, 0.6) is 0 Å². The lowest BCUT2D eigenvalue weighted by molar-refractivity contribution is -0.140. The molecule has 202 valence electrons. The molecular formula is C23H27O13P. The van der Waals surface area contributed by atoms with Crippen molar-refractivity contribution in [2.24, 2.45) is 0 Å². The van der Waals surface area contributed by atoms with E-state index in [1.807, 2.05) is 0 Å². The van der Waals surface area contributed by atoms with Gasteiger partial charge in [0.25, 0.3) is 0 Å². The summed E-state index contributed by atoms with van der Waals surface area (Å²) in [6.07, 6.45) is -0.711. The molecule has 0 aliphatic rings. The third kappa shape index (κ3) is 11.7. The molecule has 0 spiro atoms. The predicted molar refractivity (Wildman–Crippen MR) is 126 cm³/mol. The van der Waals surface area contributed by atoms with E-state index < -0.39 is 55.8 Å². The predicted octanol–water partition coefficient (Wildman–Crippen LogP) is 1.57. The number of carbonyl (C=O) groups is 5. The Balaban J connectivity index is 2.98. The summed E-state index contributed by atoms with van der Waals surface area (Å²) >= 11 is 0. The number of carbonyl (C=O) groups excluding carboxylic acids is 5. The van der Waals surface area contributed by atoms with Gasteiger partial charge >= 0.3 is 37.4 Å². The van der Waals surface area contributed by atoms with Crippen molar-refractivity contribution >= 4 is 37.4 Å². The fourth-order valence-corrected chi connectivity index (χ4v) is 2.63. The van der Waals surface area contributed by atoms with Crippen LogP contribution in [0.4, 0.5) is 0 Å². The molecular weight excluding hydrogens is 515 g/mol. The van der Waals surface area contributed by atoms with Gasteiger partial charge in [-0.3, -0.25) is 4.57 Å². The van der Waals surface area contributed by atoms with Crippen LogP contribution in [0.1, 0.15) is 44.9 Å². The number of hydrogen-bond acceptors (Lipinski definition) is 11. The lowest BCUT2D eigenvalue weighted by Crippen LogP contribution is -2.20. The second-order valence-electron chi connectivity index (χ2n) is 7.39. The smallest absolute Gasteiger partial charge is 0.339 e. The zero-order valence-corrected chi connectivity index (χ0v) is 21.1. The summed E-state index contributed by atoms with van der Waals surface area (Å²) in [4.78, 5) is 78.0. The SMILES string of the molecule is C=C(C)C(=O)OCCOC(=O)c1ccc(C(=O)OCCP(=O)(O)O)cc1C(=O)OCCOC(=O)C(=C)C. The van der Waals surface area contributed by atoms with E-state index in [9.17, 15) is 28.5 Å². The van der Waals surface area contributed by atoms with E-state index in [0.717, 1.165) is 18.2 Å². The van der Waals surface area contributed by atoms with Gasteiger partial charge in [-0.1, -0.05) is 13.2 Å². The lowest BCUT2D eigenvalue weighted by Gasteiger charge is -2.12. The monoisotopic (exact) mass is 542 g/mol. The van der Waals surface area contributed by atoms with E-state index in [1.54, 1.807) is 0 Å². The molecule has 1 aromatic carbocycles. The fraction of sp³-hybridized carbons (Fsp3) is 0.348. The Bertz CT molecular complexity index is 1120. The van der Waals surface area contributed by atoms with Crippen molar-refractivity contribution in [2.45, 2.75) is 13.8 Å². The molecule has 14 heteroatoms. The van der Waals surface area contributed by atoms with Crippen molar-refractivity contribution in [2.75, 3.05) is 39.2 Å². The van der Waals surface area contributed by atoms with Gasteiger partial charge in [-0.2, -0.15) is 0 Å². The van der Waals surface area contributed by atoms with E-state index in [1.165, 1.54) is 13.8 Å². The second-order valence-corrected chi connectivity index (χ2v) is 9.17. The first kappa shape index (κ1) is 31.2. The Morgan fingerprint density at radius 2 is 1.14 bits per heavy atom. The molecule has 0 aliphatic heterocycles. The Hall–Kier alpha value is -3.80. The van der Waals surface area contributed by atoms with Gasteiger partial charge in [0.1, 0.15) is 33.0 Å². The molecule has 13 nitrogen and oxygen atoms in total. The fourth-order valence-electron chi connectivity index (χ4n) is 2.30. The molecule has 1 rings (SSSR count). The number of benzene rings is 1. The molecule has 0 saturated carbocycles. The maximum atomic E-state index is 12.6. The molecule has 0 aliphatic carbocycles. The van der Waals surface area contributed by atoms with Crippen LogP contribution in [0.2, 0.25) is 0 Å². The van der Waals surface area contributed by atoms with Crippen molar-refractivity contribution in [3.05, 3.63) is 59.2 Å². The molecule has 0 unspecified atom stereocenters. The highest BCUT2D eigenvalue weighted by molar-refractivity contribution is 7.51. The van der Waals surface area contributed by atoms with E-state index in [0.29, 0.717) is 0 Å². The molecule has 0 heterocycles. The maximum Gasteiger partial charge on any atom is 0.339 e. The normalized spacial score (nSPS) is 10.6. The summed E-state index contributed by atoms with van der Waals surface area (Å²) in [5.74, 6) is -4.49. The molecule has 1 aromatic rings. The summed E-state index contributed by atoms with van der Waals surface area (Å²) in [5, 5.41) is 0. The molecule has 2 N–H and O–H groups in total. The van der Waals surface area contributed by atoms with Crippen molar-refractivity contribution in [3.63, 3.8) is 0 Å². The van der Waals surface area contributed by atoms with Crippen LogP contribution in [0.15, 0.2) is 42.5 Å². The Morgan fingerprint density at radius 1 is 0.703 bits per heavy atom. The molecule has 0 fully saturated rings. The molecule has 0 aromatic heterocycles. The zero-order valence-electron chi connectivity index (χ0n) is 20.2. The van der Waals surface area contributed by atoms with E-state index in [2.05, 4.69) is 13.2 Å². The molecule has 0 saturated heterocycles. The summed E-state index contributed by atoms with van der Waals surface area (Å²) in [6.45, 7) is 7.75. The van der Waals surface area contributed by atoms with Crippen molar-refractivity contribution < 1.29 is 62.0 Å². The van der Waals surface area contributed by atoms with Gasteiger partial charge in [-0.05, 0) is 32.0 Å². The van der Waals surface area contributed by atoms with E-state index in [4.69, 9.17) is 33.5 Å². The minimum Gasteiger partial charge on any atom is -0.461 e. The first-order chi connectivity index (χ1) is 17.2. The highest BCUT2D eigenvalue weighted by Gasteiger charge is 2.23. The Labute approximate surface area is 212 Å².